The van der Waals surface area contributed by atoms with Gasteiger partial charge >= 0.3 is 6.36 Å². The number of ether oxygens (including phenoxy) is 1. The van der Waals surface area contributed by atoms with Crippen LogP contribution in [0.3, 0.4) is 0 Å². The van der Waals surface area contributed by atoms with E-state index in [1.807, 2.05) is 0 Å². The topological polar surface area (TPSA) is 35.0 Å². The Morgan fingerprint density at radius 2 is 1.71 bits per heavy atom. The van der Waals surface area contributed by atoms with Gasteiger partial charge in [0.05, 0.1) is 5.69 Å². The van der Waals surface area contributed by atoms with Crippen molar-refractivity contribution < 1.29 is 17.9 Å². The number of halogens is 3. The molecule has 1 heterocycles. The summed E-state index contributed by atoms with van der Waals surface area (Å²) in [6.07, 6.45) is -3.15. The van der Waals surface area contributed by atoms with Gasteiger partial charge in [-0.25, -0.2) is 0 Å². The molecule has 0 radical (unpaired) electrons. The number of aromatic nitrogens is 2. The normalized spacial score (nSPS) is 11.2. The maximum Gasteiger partial charge on any atom is 0.573 e. The van der Waals surface area contributed by atoms with Crippen LogP contribution < -0.4 is 4.74 Å². The highest BCUT2D eigenvalue weighted by Crippen LogP contribution is 2.25. The zero-order valence-corrected chi connectivity index (χ0v) is 8.48. The van der Waals surface area contributed by atoms with Crippen LogP contribution in [0, 0.1) is 0 Å². The van der Waals surface area contributed by atoms with Crippen LogP contribution >= 0.6 is 0 Å². The fourth-order valence-corrected chi connectivity index (χ4v) is 1.28. The van der Waals surface area contributed by atoms with Gasteiger partial charge < -0.3 is 4.74 Å². The Kier molecular flexibility index (Phi) is 2.95. The van der Waals surface area contributed by atoms with Crippen molar-refractivity contribution in [1.29, 1.82) is 0 Å². The first-order chi connectivity index (χ1) is 8.04. The quantitative estimate of drug-likeness (QED) is 0.809. The summed E-state index contributed by atoms with van der Waals surface area (Å²) in [6, 6.07) is 8.86. The number of alkyl halides is 3. The molecular weight excluding hydrogens is 233 g/mol. The van der Waals surface area contributed by atoms with E-state index in [-0.39, 0.29) is 5.75 Å². The van der Waals surface area contributed by atoms with E-state index in [0.717, 1.165) is 0 Å². The maximum atomic E-state index is 11.9. The molecular formula is C11H7F3N2O. The fraction of sp³-hybridized carbons (Fsp3) is 0.0909. The van der Waals surface area contributed by atoms with Crippen molar-refractivity contribution >= 4 is 0 Å². The zero-order chi connectivity index (χ0) is 12.3. The third-order valence-electron chi connectivity index (χ3n) is 1.96. The Morgan fingerprint density at radius 1 is 1.00 bits per heavy atom. The van der Waals surface area contributed by atoms with Crippen LogP contribution in [0.15, 0.2) is 42.6 Å². The second-order valence-electron chi connectivity index (χ2n) is 3.18. The van der Waals surface area contributed by atoms with Crippen molar-refractivity contribution in [3.8, 4) is 17.0 Å². The summed E-state index contributed by atoms with van der Waals surface area (Å²) in [5, 5.41) is 7.52. The summed E-state index contributed by atoms with van der Waals surface area (Å²) in [7, 11) is 0. The smallest absolute Gasteiger partial charge is 0.406 e. The molecule has 0 bridgehead atoms. The van der Waals surface area contributed by atoms with Crippen LogP contribution in [0.5, 0.6) is 5.75 Å². The van der Waals surface area contributed by atoms with Gasteiger partial charge in [0.15, 0.2) is 0 Å². The number of hydrogen-bond donors (Lipinski definition) is 0. The van der Waals surface area contributed by atoms with Crippen LogP contribution in [-0.4, -0.2) is 16.6 Å². The van der Waals surface area contributed by atoms with Crippen LogP contribution in [-0.2, 0) is 0 Å². The van der Waals surface area contributed by atoms with Gasteiger partial charge in [-0.1, -0.05) is 0 Å². The van der Waals surface area contributed by atoms with E-state index in [9.17, 15) is 13.2 Å². The van der Waals surface area contributed by atoms with E-state index in [1.54, 1.807) is 12.1 Å². The molecule has 1 aromatic carbocycles. The predicted octanol–water partition coefficient (Wildman–Crippen LogP) is 3.04. The van der Waals surface area contributed by atoms with E-state index in [0.29, 0.717) is 11.3 Å². The summed E-state index contributed by atoms with van der Waals surface area (Å²) in [5.74, 6) is -0.259. The predicted molar refractivity (Wildman–Crippen MR) is 54.2 cm³/mol. The van der Waals surface area contributed by atoms with Crippen LogP contribution in [0.4, 0.5) is 13.2 Å². The third-order valence-corrected chi connectivity index (χ3v) is 1.96. The first kappa shape index (κ1) is 11.4. The Bertz CT molecular complexity index is 482. The minimum Gasteiger partial charge on any atom is -0.406 e. The monoisotopic (exact) mass is 240 g/mol. The molecule has 0 saturated carbocycles. The molecule has 0 fully saturated rings. The standard InChI is InChI=1S/C11H7F3N2O/c12-11(13,14)17-9-5-3-8(4-6-9)10-2-1-7-15-16-10/h1-7H. The zero-order valence-electron chi connectivity index (χ0n) is 8.48. The maximum absolute atomic E-state index is 11.9. The van der Waals surface area contributed by atoms with Crippen molar-refractivity contribution in [2.75, 3.05) is 0 Å². The van der Waals surface area contributed by atoms with Gasteiger partial charge in [0.2, 0.25) is 0 Å². The molecule has 6 heteroatoms. The van der Waals surface area contributed by atoms with Crippen molar-refractivity contribution in [2.45, 2.75) is 6.36 Å². The Labute approximate surface area is 94.9 Å². The van der Waals surface area contributed by atoms with Crippen molar-refractivity contribution in [1.82, 2.24) is 10.2 Å². The molecule has 0 amide bonds. The molecule has 0 aliphatic rings. The van der Waals surface area contributed by atoms with Gasteiger partial charge in [-0.05, 0) is 36.4 Å². The number of benzene rings is 1. The molecule has 2 rings (SSSR count). The summed E-state index contributed by atoms with van der Waals surface area (Å²) in [4.78, 5) is 0. The second-order valence-corrected chi connectivity index (χ2v) is 3.18. The molecule has 0 unspecified atom stereocenters. The molecule has 17 heavy (non-hydrogen) atoms. The molecule has 0 aliphatic heterocycles. The molecule has 0 saturated heterocycles. The first-order valence-electron chi connectivity index (χ1n) is 4.68. The Morgan fingerprint density at radius 3 is 2.24 bits per heavy atom. The lowest BCUT2D eigenvalue weighted by Gasteiger charge is -2.08. The minimum atomic E-state index is -4.67. The summed E-state index contributed by atoms with van der Waals surface area (Å²) >= 11 is 0. The largest absolute Gasteiger partial charge is 0.573 e. The van der Waals surface area contributed by atoms with E-state index in [2.05, 4.69) is 14.9 Å². The lowest BCUT2D eigenvalue weighted by Crippen LogP contribution is -2.16. The van der Waals surface area contributed by atoms with Gasteiger partial charge in [-0.2, -0.15) is 10.2 Å². The Hall–Kier alpha value is -2.11. The highest BCUT2D eigenvalue weighted by atomic mass is 19.4. The average Bonchev–Trinajstić information content (AvgIpc) is 2.29. The molecule has 0 atom stereocenters. The third kappa shape index (κ3) is 3.17. The van der Waals surface area contributed by atoms with Gasteiger partial charge in [-0.3, -0.25) is 0 Å². The number of rotatable bonds is 2. The van der Waals surface area contributed by atoms with Crippen LogP contribution in [0.2, 0.25) is 0 Å². The summed E-state index contributed by atoms with van der Waals surface area (Å²) in [6.45, 7) is 0. The number of hydrogen-bond acceptors (Lipinski definition) is 3. The highest BCUT2D eigenvalue weighted by Gasteiger charge is 2.30. The average molecular weight is 240 g/mol. The second kappa shape index (κ2) is 4.40. The van der Waals surface area contributed by atoms with Gasteiger partial charge in [0, 0.05) is 11.8 Å². The van der Waals surface area contributed by atoms with Crippen molar-refractivity contribution in [3.63, 3.8) is 0 Å². The summed E-state index contributed by atoms with van der Waals surface area (Å²) < 4.78 is 39.5. The van der Waals surface area contributed by atoms with Crippen LogP contribution in [0.1, 0.15) is 0 Å². The first-order valence-corrected chi connectivity index (χ1v) is 4.68. The molecule has 2 aromatic rings. The molecule has 0 aliphatic carbocycles. The van der Waals surface area contributed by atoms with Crippen molar-refractivity contribution in [2.24, 2.45) is 0 Å². The lowest BCUT2D eigenvalue weighted by molar-refractivity contribution is -0.274. The minimum absolute atomic E-state index is 0.259. The van der Waals surface area contributed by atoms with E-state index >= 15 is 0 Å². The lowest BCUT2D eigenvalue weighted by atomic mass is 10.1. The molecule has 0 N–H and O–H groups in total. The van der Waals surface area contributed by atoms with Gasteiger partial charge in [-0.15, -0.1) is 13.2 Å². The fourth-order valence-electron chi connectivity index (χ4n) is 1.28. The molecule has 1 aromatic heterocycles. The SMILES string of the molecule is FC(F)(F)Oc1ccc(-c2cccnn2)cc1. The van der Waals surface area contributed by atoms with Crippen molar-refractivity contribution in [3.05, 3.63) is 42.6 Å². The molecule has 3 nitrogen and oxygen atoms in total. The highest BCUT2D eigenvalue weighted by molar-refractivity contribution is 5.59. The molecule has 88 valence electrons. The molecule has 0 spiro atoms. The van der Waals surface area contributed by atoms with Crippen LogP contribution in [0.25, 0.3) is 11.3 Å². The summed E-state index contributed by atoms with van der Waals surface area (Å²) in [5.41, 5.74) is 1.26. The van der Waals surface area contributed by atoms with E-state index < -0.39 is 6.36 Å². The van der Waals surface area contributed by atoms with E-state index in [1.165, 1.54) is 30.5 Å². The van der Waals surface area contributed by atoms with Gasteiger partial charge in [0.1, 0.15) is 5.75 Å². The van der Waals surface area contributed by atoms with Gasteiger partial charge in [0.25, 0.3) is 0 Å². The number of nitrogens with zero attached hydrogens (tertiary/aromatic N) is 2. The van der Waals surface area contributed by atoms with E-state index in [4.69, 9.17) is 0 Å². The Balaban J connectivity index is 2.19.